The first-order valence-corrected chi connectivity index (χ1v) is 10.4. The summed E-state index contributed by atoms with van der Waals surface area (Å²) in [5.74, 6) is -0.00186. The van der Waals surface area contributed by atoms with Gasteiger partial charge in [0.15, 0.2) is 5.69 Å². The van der Waals surface area contributed by atoms with Crippen molar-refractivity contribution in [2.75, 3.05) is 11.9 Å². The molecule has 0 unspecified atom stereocenters. The number of imidazole rings is 1. The van der Waals surface area contributed by atoms with Crippen LogP contribution in [0.5, 0.6) is 0 Å². The van der Waals surface area contributed by atoms with Gasteiger partial charge in [-0.25, -0.2) is 13.8 Å². The number of amides is 1. The highest BCUT2D eigenvalue weighted by molar-refractivity contribution is 5.95. The zero-order valence-corrected chi connectivity index (χ0v) is 18.0. The predicted molar refractivity (Wildman–Crippen MR) is 110 cm³/mol. The Hall–Kier alpha value is -3.18. The monoisotopic (exact) mass is 470 g/mol. The van der Waals surface area contributed by atoms with Crippen molar-refractivity contribution in [2.45, 2.75) is 50.4 Å². The second kappa shape index (κ2) is 8.64. The number of hydrogen-bond acceptors (Lipinski definition) is 4. The first-order chi connectivity index (χ1) is 15.6. The standard InChI is InChI=1S/C21H23F5N6O/c1-30(17-5-3-4-16-29-15(11-32(16)17)21(24,25)26)13-8-6-12(7-9-13)28-20(33)14-10-27-31(2)18(14)19(22)23/h3-5,10-13,19H,6-9H2,1-2H3,(H,28,33). The molecule has 1 fully saturated rings. The van der Waals surface area contributed by atoms with E-state index in [9.17, 15) is 26.7 Å². The second-order valence-corrected chi connectivity index (χ2v) is 8.19. The molecule has 0 aromatic carbocycles. The van der Waals surface area contributed by atoms with Crippen LogP contribution in [0.2, 0.25) is 0 Å². The Morgan fingerprint density at radius 3 is 2.55 bits per heavy atom. The lowest BCUT2D eigenvalue weighted by Gasteiger charge is -2.36. The molecule has 3 aromatic rings. The van der Waals surface area contributed by atoms with Gasteiger partial charge >= 0.3 is 6.18 Å². The summed E-state index contributed by atoms with van der Waals surface area (Å²) >= 11 is 0. The molecular formula is C21H23F5N6O. The van der Waals surface area contributed by atoms with Gasteiger partial charge in [-0.15, -0.1) is 0 Å². The van der Waals surface area contributed by atoms with Crippen molar-refractivity contribution in [3.05, 3.63) is 47.5 Å². The Labute approximate surface area is 186 Å². The van der Waals surface area contributed by atoms with Crippen LogP contribution < -0.4 is 10.2 Å². The largest absolute Gasteiger partial charge is 0.434 e. The highest BCUT2D eigenvalue weighted by Crippen LogP contribution is 2.32. The van der Waals surface area contributed by atoms with Crippen molar-refractivity contribution >= 4 is 17.4 Å². The third kappa shape index (κ3) is 4.51. The average molecular weight is 470 g/mol. The van der Waals surface area contributed by atoms with E-state index in [0.29, 0.717) is 31.5 Å². The summed E-state index contributed by atoms with van der Waals surface area (Å²) in [6.45, 7) is 0. The van der Waals surface area contributed by atoms with Crippen molar-refractivity contribution in [1.29, 1.82) is 0 Å². The normalized spacial score (nSPS) is 19.3. The second-order valence-electron chi connectivity index (χ2n) is 8.19. The van der Waals surface area contributed by atoms with E-state index in [1.165, 1.54) is 17.5 Å². The number of pyridine rings is 1. The number of anilines is 1. The van der Waals surface area contributed by atoms with Gasteiger partial charge in [0.1, 0.15) is 17.2 Å². The molecule has 0 atom stereocenters. The van der Waals surface area contributed by atoms with Crippen molar-refractivity contribution < 1.29 is 26.7 Å². The number of hydrogen-bond donors (Lipinski definition) is 1. The Morgan fingerprint density at radius 1 is 1.21 bits per heavy atom. The molecule has 12 heteroatoms. The van der Waals surface area contributed by atoms with Gasteiger partial charge in [-0.3, -0.25) is 13.9 Å². The Bertz CT molecular complexity index is 1150. The van der Waals surface area contributed by atoms with Crippen LogP contribution in [0, 0.1) is 0 Å². The van der Waals surface area contributed by atoms with Crippen LogP contribution >= 0.6 is 0 Å². The Balaban J connectivity index is 1.42. The summed E-state index contributed by atoms with van der Waals surface area (Å²) < 4.78 is 68.1. The molecule has 7 nitrogen and oxygen atoms in total. The van der Waals surface area contributed by atoms with E-state index in [2.05, 4.69) is 15.4 Å². The van der Waals surface area contributed by atoms with Crippen LogP contribution in [-0.4, -0.2) is 44.2 Å². The van der Waals surface area contributed by atoms with Gasteiger partial charge in [-0.1, -0.05) is 6.07 Å². The molecule has 3 aromatic heterocycles. The minimum absolute atomic E-state index is 0.0375. The predicted octanol–water partition coefficient (Wildman–Crippen LogP) is 4.20. The number of rotatable bonds is 5. The summed E-state index contributed by atoms with van der Waals surface area (Å²) in [4.78, 5) is 18.1. The summed E-state index contributed by atoms with van der Waals surface area (Å²) in [7, 11) is 3.17. The van der Waals surface area contributed by atoms with E-state index < -0.39 is 29.9 Å². The lowest BCUT2D eigenvalue weighted by Crippen LogP contribution is -2.43. The van der Waals surface area contributed by atoms with Crippen LogP contribution in [0.1, 0.15) is 53.9 Å². The highest BCUT2D eigenvalue weighted by Gasteiger charge is 2.35. The molecule has 0 bridgehead atoms. The van der Waals surface area contributed by atoms with Crippen molar-refractivity contribution in [1.82, 2.24) is 24.5 Å². The molecule has 0 saturated heterocycles. The van der Waals surface area contributed by atoms with Crippen LogP contribution in [0.3, 0.4) is 0 Å². The van der Waals surface area contributed by atoms with Gasteiger partial charge in [0.05, 0.1) is 11.8 Å². The van der Waals surface area contributed by atoms with Gasteiger partial charge < -0.3 is 10.2 Å². The minimum atomic E-state index is -4.53. The molecule has 33 heavy (non-hydrogen) atoms. The van der Waals surface area contributed by atoms with E-state index in [4.69, 9.17) is 0 Å². The molecule has 178 valence electrons. The molecule has 0 aliphatic heterocycles. The minimum Gasteiger partial charge on any atom is -0.358 e. The number of nitrogens with zero attached hydrogens (tertiary/aromatic N) is 5. The third-order valence-electron chi connectivity index (χ3n) is 6.14. The zero-order chi connectivity index (χ0) is 23.9. The Morgan fingerprint density at radius 2 is 1.91 bits per heavy atom. The van der Waals surface area contributed by atoms with E-state index in [1.54, 1.807) is 12.1 Å². The number of carbonyl (C=O) groups is 1. The fourth-order valence-corrected chi connectivity index (χ4v) is 4.36. The van der Waals surface area contributed by atoms with Crippen LogP contribution in [-0.2, 0) is 13.2 Å². The average Bonchev–Trinajstić information content (AvgIpc) is 3.37. The SMILES string of the molecule is CN(c1cccc2nc(C(F)(F)F)cn12)C1CCC(NC(=O)c2cnn(C)c2C(F)F)CC1. The molecule has 1 N–H and O–H groups in total. The van der Waals surface area contributed by atoms with Crippen molar-refractivity contribution in [3.8, 4) is 0 Å². The quantitative estimate of drug-likeness (QED) is 0.568. The van der Waals surface area contributed by atoms with Crippen molar-refractivity contribution in [3.63, 3.8) is 0 Å². The molecule has 0 spiro atoms. The highest BCUT2D eigenvalue weighted by atomic mass is 19.4. The lowest BCUT2D eigenvalue weighted by molar-refractivity contribution is -0.140. The fraction of sp³-hybridized carbons (Fsp3) is 0.476. The van der Waals surface area contributed by atoms with Crippen LogP contribution in [0.4, 0.5) is 27.8 Å². The number of aryl methyl sites for hydroxylation is 1. The zero-order valence-electron chi connectivity index (χ0n) is 18.0. The maximum atomic E-state index is 13.2. The summed E-state index contributed by atoms with van der Waals surface area (Å²) in [6.07, 6.45) is -2.65. The number of aromatic nitrogens is 4. The molecule has 1 aliphatic rings. The molecule has 3 heterocycles. The first kappa shape index (κ1) is 23.0. The smallest absolute Gasteiger partial charge is 0.358 e. The summed E-state index contributed by atoms with van der Waals surface area (Å²) in [5.41, 5.74) is -1.31. The molecule has 1 saturated carbocycles. The van der Waals surface area contributed by atoms with E-state index in [0.717, 1.165) is 17.1 Å². The molecule has 4 rings (SSSR count). The Kier molecular flexibility index (Phi) is 6.02. The van der Waals surface area contributed by atoms with Gasteiger partial charge in [0, 0.05) is 32.4 Å². The van der Waals surface area contributed by atoms with Gasteiger partial charge in [-0.2, -0.15) is 18.3 Å². The van der Waals surface area contributed by atoms with E-state index in [1.807, 2.05) is 11.9 Å². The van der Waals surface area contributed by atoms with E-state index >= 15 is 0 Å². The van der Waals surface area contributed by atoms with Crippen molar-refractivity contribution in [2.24, 2.45) is 7.05 Å². The van der Waals surface area contributed by atoms with Crippen LogP contribution in [0.15, 0.2) is 30.6 Å². The number of alkyl halides is 5. The molecular weight excluding hydrogens is 447 g/mol. The van der Waals surface area contributed by atoms with Crippen LogP contribution in [0.25, 0.3) is 5.65 Å². The van der Waals surface area contributed by atoms with E-state index in [-0.39, 0.29) is 23.3 Å². The maximum Gasteiger partial charge on any atom is 0.434 e. The number of fused-ring (bicyclic) bond motifs is 1. The number of carbonyl (C=O) groups excluding carboxylic acids is 1. The summed E-state index contributed by atoms with van der Waals surface area (Å²) in [6, 6.07) is 4.76. The number of halogens is 5. The van der Waals surface area contributed by atoms with Gasteiger partial charge in [0.25, 0.3) is 12.3 Å². The molecule has 1 aliphatic carbocycles. The summed E-state index contributed by atoms with van der Waals surface area (Å²) in [5, 5.41) is 6.56. The molecule has 1 amide bonds. The topological polar surface area (TPSA) is 67.5 Å². The van der Waals surface area contributed by atoms with Gasteiger partial charge in [0.2, 0.25) is 0 Å². The molecule has 0 radical (unpaired) electrons. The van der Waals surface area contributed by atoms with Gasteiger partial charge in [-0.05, 0) is 37.8 Å². The number of nitrogens with one attached hydrogen (secondary N) is 1. The lowest BCUT2D eigenvalue weighted by atomic mass is 9.90. The third-order valence-corrected chi connectivity index (χ3v) is 6.14. The fourth-order valence-electron chi connectivity index (χ4n) is 4.36. The first-order valence-electron chi connectivity index (χ1n) is 10.4. The maximum absolute atomic E-state index is 13.2.